The van der Waals surface area contributed by atoms with Crippen molar-refractivity contribution in [2.24, 2.45) is 4.99 Å². The quantitative estimate of drug-likeness (QED) is 0.422. The highest BCUT2D eigenvalue weighted by Crippen LogP contribution is 2.29. The molecule has 3 aliphatic rings. The van der Waals surface area contributed by atoms with Crippen molar-refractivity contribution in [3.8, 4) is 0 Å². The Hall–Kier alpha value is -3.06. The minimum Gasteiger partial charge on any atom is -0.341 e. The van der Waals surface area contributed by atoms with Crippen LogP contribution < -0.4 is 10.6 Å². The Morgan fingerprint density at radius 3 is 2.72 bits per heavy atom. The molecular weight excluding hydrogens is 444 g/mol. The first-order valence-corrected chi connectivity index (χ1v) is 13.4. The number of hydrogen-bond donors (Lipinski definition) is 3. The van der Waals surface area contributed by atoms with Gasteiger partial charge in [0.1, 0.15) is 5.82 Å². The van der Waals surface area contributed by atoms with Crippen molar-refractivity contribution in [3.63, 3.8) is 0 Å². The second-order valence-corrected chi connectivity index (χ2v) is 10.3. The molecule has 6 heteroatoms. The maximum Gasteiger partial charge on any atom is 0.121 e. The van der Waals surface area contributed by atoms with Gasteiger partial charge in [0.25, 0.3) is 0 Å². The Balaban J connectivity index is 1.16. The monoisotopic (exact) mass is 480 g/mol. The van der Waals surface area contributed by atoms with E-state index in [2.05, 4.69) is 86.2 Å². The molecule has 2 aliphatic heterocycles. The number of dihydropyridines is 1. The van der Waals surface area contributed by atoms with Gasteiger partial charge in [0.2, 0.25) is 0 Å². The zero-order valence-corrected chi connectivity index (χ0v) is 20.9. The van der Waals surface area contributed by atoms with E-state index in [0.29, 0.717) is 18.1 Å². The van der Waals surface area contributed by atoms with Gasteiger partial charge in [-0.1, -0.05) is 48.6 Å². The topological polar surface area (TPSA) is 68.3 Å². The minimum atomic E-state index is 0.325. The van der Waals surface area contributed by atoms with Crippen LogP contribution in [0.1, 0.15) is 42.6 Å². The maximum atomic E-state index is 4.88. The lowest BCUT2D eigenvalue weighted by atomic mass is 9.89. The number of para-hydroxylation sites is 2. The van der Waals surface area contributed by atoms with E-state index in [4.69, 9.17) is 4.98 Å². The summed E-state index contributed by atoms with van der Waals surface area (Å²) in [7, 11) is 0. The number of benzene rings is 2. The van der Waals surface area contributed by atoms with Crippen molar-refractivity contribution < 1.29 is 0 Å². The van der Waals surface area contributed by atoms with Crippen LogP contribution in [0.5, 0.6) is 0 Å². The highest BCUT2D eigenvalue weighted by atomic mass is 15.2. The number of nitrogens with one attached hydrogen (secondary N) is 3. The van der Waals surface area contributed by atoms with Gasteiger partial charge < -0.3 is 15.6 Å². The summed E-state index contributed by atoms with van der Waals surface area (Å²) in [5.41, 5.74) is 6.16. The molecule has 1 fully saturated rings. The Labute approximate surface area is 213 Å². The van der Waals surface area contributed by atoms with Gasteiger partial charge in [-0.3, -0.25) is 9.89 Å². The normalized spacial score (nSPS) is 23.4. The molecule has 186 valence electrons. The van der Waals surface area contributed by atoms with Gasteiger partial charge in [-0.2, -0.15) is 0 Å². The highest BCUT2D eigenvalue weighted by Gasteiger charge is 2.27. The second kappa shape index (κ2) is 10.9. The number of imidazole rings is 1. The minimum absolute atomic E-state index is 0.325. The molecule has 0 bridgehead atoms. The lowest BCUT2D eigenvalue weighted by Crippen LogP contribution is -2.37. The van der Waals surface area contributed by atoms with Crippen LogP contribution in [-0.2, 0) is 19.6 Å². The van der Waals surface area contributed by atoms with Crippen LogP contribution in [0.3, 0.4) is 0 Å². The molecule has 0 amide bonds. The molecule has 3 aromatic rings. The first kappa shape index (κ1) is 23.3. The Kier molecular flexibility index (Phi) is 7.07. The average molecular weight is 481 g/mol. The van der Waals surface area contributed by atoms with Crippen LogP contribution in [0.15, 0.2) is 77.3 Å². The standard InChI is InChI=1S/C30H36N6/c1-2-8-29-28(7-1)34-30(35-29)21-36(26-13-14-27-24(17-26)5-3-16-33-27)20-23-11-9-22(10-12-23)18-31-19-25-6-4-15-32-25/h1-3,5,7-12,16-17,25-27,31-32H,4,6,13-15,18-21H2,(H,34,35). The number of nitrogens with zero attached hydrogens (tertiary/aromatic N) is 3. The highest BCUT2D eigenvalue weighted by molar-refractivity contribution is 5.75. The van der Waals surface area contributed by atoms with Crippen LogP contribution in [0.25, 0.3) is 11.0 Å². The lowest BCUT2D eigenvalue weighted by Gasteiger charge is -2.34. The van der Waals surface area contributed by atoms with Crippen LogP contribution in [0.4, 0.5) is 0 Å². The van der Waals surface area contributed by atoms with Gasteiger partial charge in [-0.25, -0.2) is 4.98 Å². The van der Waals surface area contributed by atoms with E-state index >= 15 is 0 Å². The van der Waals surface area contributed by atoms with Crippen molar-refractivity contribution in [2.75, 3.05) is 13.1 Å². The number of hydrogen-bond acceptors (Lipinski definition) is 5. The Bertz CT molecular complexity index is 1210. The first-order valence-electron chi connectivity index (χ1n) is 13.4. The lowest BCUT2D eigenvalue weighted by molar-refractivity contribution is 0.188. The smallest absolute Gasteiger partial charge is 0.121 e. The molecule has 1 aliphatic carbocycles. The fraction of sp³-hybridized carbons (Fsp3) is 0.400. The summed E-state index contributed by atoms with van der Waals surface area (Å²) in [5.74, 6) is 1.02. The van der Waals surface area contributed by atoms with E-state index in [9.17, 15) is 0 Å². The van der Waals surface area contributed by atoms with Crippen molar-refractivity contribution in [1.29, 1.82) is 0 Å². The number of aliphatic imine (C=N–C) groups is 1. The molecule has 0 spiro atoms. The summed E-state index contributed by atoms with van der Waals surface area (Å²) in [6.07, 6.45) is 13.4. The molecule has 3 unspecified atom stereocenters. The van der Waals surface area contributed by atoms with Gasteiger partial charge >= 0.3 is 0 Å². The largest absolute Gasteiger partial charge is 0.341 e. The summed E-state index contributed by atoms with van der Waals surface area (Å²) >= 11 is 0. The molecular formula is C30H36N6. The number of aromatic amines is 1. The van der Waals surface area contributed by atoms with E-state index in [0.717, 1.165) is 62.4 Å². The summed E-state index contributed by atoms with van der Waals surface area (Å²) < 4.78 is 0. The van der Waals surface area contributed by atoms with Gasteiger partial charge in [0.05, 0.1) is 23.6 Å². The van der Waals surface area contributed by atoms with Gasteiger partial charge in [0, 0.05) is 37.9 Å². The van der Waals surface area contributed by atoms with E-state index in [1.54, 1.807) is 0 Å². The van der Waals surface area contributed by atoms with Crippen LogP contribution in [-0.4, -0.2) is 52.3 Å². The summed E-state index contributed by atoms with van der Waals surface area (Å²) in [5, 5.41) is 7.17. The molecule has 3 N–H and O–H groups in total. The number of H-pyrrole nitrogens is 1. The average Bonchev–Trinajstić information content (AvgIpc) is 3.58. The third-order valence-electron chi connectivity index (χ3n) is 7.70. The zero-order chi connectivity index (χ0) is 24.2. The van der Waals surface area contributed by atoms with E-state index < -0.39 is 0 Å². The fourth-order valence-corrected chi connectivity index (χ4v) is 5.72. The van der Waals surface area contributed by atoms with E-state index in [1.807, 2.05) is 12.3 Å². The van der Waals surface area contributed by atoms with Crippen molar-refractivity contribution >= 4 is 17.2 Å². The molecule has 6 nitrogen and oxygen atoms in total. The van der Waals surface area contributed by atoms with Crippen LogP contribution >= 0.6 is 0 Å². The number of aromatic nitrogens is 2. The predicted molar refractivity (Wildman–Crippen MR) is 147 cm³/mol. The molecule has 6 rings (SSSR count). The Morgan fingerprint density at radius 1 is 0.972 bits per heavy atom. The maximum absolute atomic E-state index is 4.88. The van der Waals surface area contributed by atoms with Crippen molar-refractivity contribution in [3.05, 3.63) is 89.3 Å². The molecule has 2 aromatic carbocycles. The fourth-order valence-electron chi connectivity index (χ4n) is 5.72. The number of rotatable bonds is 9. The molecule has 0 saturated carbocycles. The predicted octanol–water partition coefficient (Wildman–Crippen LogP) is 4.50. The summed E-state index contributed by atoms with van der Waals surface area (Å²) in [4.78, 5) is 15.7. The molecule has 36 heavy (non-hydrogen) atoms. The van der Waals surface area contributed by atoms with Crippen LogP contribution in [0, 0.1) is 0 Å². The third kappa shape index (κ3) is 5.51. The van der Waals surface area contributed by atoms with Gasteiger partial charge in [-0.05, 0) is 67.1 Å². The molecule has 1 saturated heterocycles. The second-order valence-electron chi connectivity index (χ2n) is 10.3. The van der Waals surface area contributed by atoms with Crippen molar-refractivity contribution in [1.82, 2.24) is 25.5 Å². The van der Waals surface area contributed by atoms with E-state index in [1.165, 1.54) is 29.5 Å². The Morgan fingerprint density at radius 2 is 1.86 bits per heavy atom. The molecule has 0 radical (unpaired) electrons. The molecule has 1 aromatic heterocycles. The van der Waals surface area contributed by atoms with Crippen molar-refractivity contribution in [2.45, 2.75) is 63.4 Å². The molecule has 3 atom stereocenters. The number of fused-ring (bicyclic) bond motifs is 2. The first-order chi connectivity index (χ1) is 17.8. The number of allylic oxidation sites excluding steroid dienone is 1. The van der Waals surface area contributed by atoms with E-state index in [-0.39, 0.29) is 0 Å². The third-order valence-corrected chi connectivity index (χ3v) is 7.70. The van der Waals surface area contributed by atoms with Crippen LogP contribution in [0.2, 0.25) is 0 Å². The summed E-state index contributed by atoms with van der Waals surface area (Å²) in [6, 6.07) is 18.7. The van der Waals surface area contributed by atoms with Gasteiger partial charge in [0.15, 0.2) is 0 Å². The molecule has 3 heterocycles. The van der Waals surface area contributed by atoms with Gasteiger partial charge in [-0.15, -0.1) is 0 Å². The zero-order valence-electron chi connectivity index (χ0n) is 20.9. The SMILES string of the molecule is C1=CC2=CC(N(Cc3ccc(CNCC4CCCN4)cc3)Cc3nc4ccccc4[nH]3)CCC2N=C1. The summed E-state index contributed by atoms with van der Waals surface area (Å²) in [6.45, 7) is 4.81.